The highest BCUT2D eigenvalue weighted by Crippen LogP contribution is 2.41. The molecule has 0 bridgehead atoms. The van der Waals surface area contributed by atoms with Gasteiger partial charge >= 0.3 is 6.18 Å². The van der Waals surface area contributed by atoms with Crippen molar-refractivity contribution in [2.45, 2.75) is 29.4 Å². The first-order chi connectivity index (χ1) is 9.99. The molecule has 2 aromatic rings. The van der Waals surface area contributed by atoms with Crippen LogP contribution in [0.3, 0.4) is 0 Å². The zero-order valence-corrected chi connectivity index (χ0v) is 13.0. The Hall–Kier alpha value is -1.25. The fraction of sp³-hybridized carbons (Fsp3) is 0.357. The second-order valence-corrected chi connectivity index (χ2v) is 5.70. The lowest BCUT2D eigenvalue weighted by Gasteiger charge is -2.08. The molecule has 3 rings (SSSR count). The molecule has 0 amide bonds. The molecular weight excluding hydrogens is 394 g/mol. The van der Waals surface area contributed by atoms with Gasteiger partial charge in [-0.05, 0) is 36.5 Å². The van der Waals surface area contributed by atoms with Crippen molar-refractivity contribution in [3.8, 4) is 11.4 Å². The van der Waals surface area contributed by atoms with Crippen LogP contribution in [0, 0.1) is 0 Å². The molecule has 7 heteroatoms. The summed E-state index contributed by atoms with van der Waals surface area (Å²) in [5.41, 5.74) is 1.71. The zero-order valence-electron chi connectivity index (χ0n) is 10.9. The predicted octanol–water partition coefficient (Wildman–Crippen LogP) is 4.37. The van der Waals surface area contributed by atoms with Gasteiger partial charge < -0.3 is 0 Å². The first kappa shape index (κ1) is 14.7. The summed E-state index contributed by atoms with van der Waals surface area (Å²) in [6.07, 6.45) is 0.864. The highest BCUT2D eigenvalue weighted by Gasteiger charge is 2.32. The SMILES string of the molecule is FC(F)(F)c1ccc(-c2ncc(C3CC3)c(CI)n2)cn1. The molecule has 2 heterocycles. The number of pyridine rings is 1. The van der Waals surface area contributed by atoms with Crippen molar-refractivity contribution in [1.82, 2.24) is 15.0 Å². The van der Waals surface area contributed by atoms with E-state index < -0.39 is 11.9 Å². The van der Waals surface area contributed by atoms with Crippen LogP contribution in [0.2, 0.25) is 0 Å². The number of hydrogen-bond donors (Lipinski definition) is 0. The van der Waals surface area contributed by atoms with E-state index >= 15 is 0 Å². The van der Waals surface area contributed by atoms with Gasteiger partial charge in [-0.15, -0.1) is 0 Å². The molecule has 0 atom stereocenters. The Balaban J connectivity index is 1.93. The van der Waals surface area contributed by atoms with Crippen LogP contribution in [0.1, 0.15) is 35.7 Å². The molecule has 1 fully saturated rings. The van der Waals surface area contributed by atoms with Crippen LogP contribution in [-0.4, -0.2) is 15.0 Å². The molecule has 0 spiro atoms. The van der Waals surface area contributed by atoms with E-state index in [-0.39, 0.29) is 0 Å². The van der Waals surface area contributed by atoms with E-state index in [2.05, 4.69) is 37.5 Å². The summed E-state index contributed by atoms with van der Waals surface area (Å²) in [5.74, 6) is 0.974. The second-order valence-electron chi connectivity index (χ2n) is 4.93. The van der Waals surface area contributed by atoms with Gasteiger partial charge in [-0.25, -0.2) is 9.97 Å². The Morgan fingerprint density at radius 1 is 1.14 bits per heavy atom. The van der Waals surface area contributed by atoms with Crippen LogP contribution in [0.5, 0.6) is 0 Å². The molecule has 0 aromatic carbocycles. The molecule has 0 saturated heterocycles. The average molecular weight is 405 g/mol. The molecule has 1 aliphatic rings. The number of hydrogen-bond acceptors (Lipinski definition) is 3. The van der Waals surface area contributed by atoms with E-state index in [1.807, 2.05) is 0 Å². The summed E-state index contributed by atoms with van der Waals surface area (Å²) in [4.78, 5) is 12.2. The molecule has 2 aromatic heterocycles. The molecule has 1 saturated carbocycles. The number of rotatable bonds is 3. The maximum atomic E-state index is 12.5. The van der Waals surface area contributed by atoms with Crippen molar-refractivity contribution in [1.29, 1.82) is 0 Å². The third-order valence-corrected chi connectivity index (χ3v) is 4.08. The quantitative estimate of drug-likeness (QED) is 0.563. The minimum Gasteiger partial charge on any atom is -0.251 e. The van der Waals surface area contributed by atoms with Crippen molar-refractivity contribution >= 4 is 22.6 Å². The minimum atomic E-state index is -4.43. The number of aromatic nitrogens is 3. The summed E-state index contributed by atoms with van der Waals surface area (Å²) in [6.45, 7) is 0. The van der Waals surface area contributed by atoms with Crippen molar-refractivity contribution in [2.75, 3.05) is 0 Å². The standard InChI is InChI=1S/C14H11F3IN3/c15-14(16,17)12-4-3-9(6-19-12)13-20-7-10(8-1-2-8)11(5-18)21-13/h3-4,6-8H,1-2,5H2. The van der Waals surface area contributed by atoms with Gasteiger partial charge in [0.15, 0.2) is 5.82 Å². The van der Waals surface area contributed by atoms with Crippen LogP contribution in [0.25, 0.3) is 11.4 Å². The first-order valence-electron chi connectivity index (χ1n) is 6.44. The second kappa shape index (κ2) is 5.51. The molecule has 110 valence electrons. The van der Waals surface area contributed by atoms with E-state index in [1.165, 1.54) is 12.3 Å². The smallest absolute Gasteiger partial charge is 0.251 e. The minimum absolute atomic E-state index is 0.423. The predicted molar refractivity (Wildman–Crippen MR) is 80.0 cm³/mol. The molecule has 0 unspecified atom stereocenters. The number of halogens is 4. The summed E-state index contributed by atoms with van der Waals surface area (Å²) in [5, 5.41) is 0. The molecule has 1 aliphatic carbocycles. The van der Waals surface area contributed by atoms with Gasteiger partial charge in [0.1, 0.15) is 5.69 Å². The van der Waals surface area contributed by atoms with E-state index in [0.29, 0.717) is 17.3 Å². The Morgan fingerprint density at radius 3 is 2.43 bits per heavy atom. The molecule has 0 N–H and O–H groups in total. The monoisotopic (exact) mass is 405 g/mol. The van der Waals surface area contributed by atoms with Crippen LogP contribution < -0.4 is 0 Å². The molecule has 0 aliphatic heterocycles. The normalized spacial score (nSPS) is 15.2. The van der Waals surface area contributed by atoms with Crippen LogP contribution in [0.4, 0.5) is 13.2 Å². The highest BCUT2D eigenvalue weighted by atomic mass is 127. The van der Waals surface area contributed by atoms with Crippen molar-refractivity contribution in [3.05, 3.63) is 41.5 Å². The number of alkyl halides is 4. The highest BCUT2D eigenvalue weighted by molar-refractivity contribution is 14.1. The summed E-state index contributed by atoms with van der Waals surface area (Å²) >= 11 is 2.24. The van der Waals surface area contributed by atoms with E-state index in [0.717, 1.165) is 34.6 Å². The Bertz CT molecular complexity index is 652. The lowest BCUT2D eigenvalue weighted by Crippen LogP contribution is -2.07. The Labute approximate surface area is 133 Å². The fourth-order valence-corrected chi connectivity index (χ4v) is 2.71. The average Bonchev–Trinajstić information content (AvgIpc) is 3.30. The third kappa shape index (κ3) is 3.17. The van der Waals surface area contributed by atoms with Crippen LogP contribution in [-0.2, 0) is 10.6 Å². The van der Waals surface area contributed by atoms with Gasteiger partial charge in [0.05, 0.1) is 5.69 Å². The van der Waals surface area contributed by atoms with Gasteiger partial charge in [0, 0.05) is 22.4 Å². The van der Waals surface area contributed by atoms with Gasteiger partial charge in [-0.2, -0.15) is 13.2 Å². The van der Waals surface area contributed by atoms with Crippen LogP contribution >= 0.6 is 22.6 Å². The van der Waals surface area contributed by atoms with E-state index in [9.17, 15) is 13.2 Å². The number of nitrogens with zero attached hydrogens (tertiary/aromatic N) is 3. The van der Waals surface area contributed by atoms with Gasteiger partial charge in [-0.3, -0.25) is 4.98 Å². The first-order valence-corrected chi connectivity index (χ1v) is 7.97. The van der Waals surface area contributed by atoms with E-state index in [4.69, 9.17) is 0 Å². The lowest BCUT2D eigenvalue weighted by molar-refractivity contribution is -0.141. The van der Waals surface area contributed by atoms with Gasteiger partial charge in [0.2, 0.25) is 0 Å². The van der Waals surface area contributed by atoms with Gasteiger partial charge in [-0.1, -0.05) is 22.6 Å². The molecular formula is C14H11F3IN3. The zero-order chi connectivity index (χ0) is 15.0. The fourth-order valence-electron chi connectivity index (χ4n) is 2.10. The summed E-state index contributed by atoms with van der Waals surface area (Å²) in [6, 6.07) is 2.32. The Morgan fingerprint density at radius 2 is 1.90 bits per heavy atom. The van der Waals surface area contributed by atoms with Crippen molar-refractivity contribution < 1.29 is 13.2 Å². The summed E-state index contributed by atoms with van der Waals surface area (Å²) in [7, 11) is 0. The topological polar surface area (TPSA) is 38.7 Å². The molecule has 21 heavy (non-hydrogen) atoms. The third-order valence-electron chi connectivity index (χ3n) is 3.36. The van der Waals surface area contributed by atoms with Crippen LogP contribution in [0.15, 0.2) is 24.5 Å². The summed E-state index contributed by atoms with van der Waals surface area (Å²) < 4.78 is 38.2. The van der Waals surface area contributed by atoms with Gasteiger partial charge in [0.25, 0.3) is 0 Å². The van der Waals surface area contributed by atoms with Crippen molar-refractivity contribution in [3.63, 3.8) is 0 Å². The maximum Gasteiger partial charge on any atom is 0.433 e. The lowest BCUT2D eigenvalue weighted by atomic mass is 10.1. The maximum absolute atomic E-state index is 12.5. The largest absolute Gasteiger partial charge is 0.433 e. The Kier molecular flexibility index (Phi) is 3.85. The molecule has 3 nitrogen and oxygen atoms in total. The molecule has 0 radical (unpaired) electrons. The van der Waals surface area contributed by atoms with Crippen molar-refractivity contribution in [2.24, 2.45) is 0 Å². The van der Waals surface area contributed by atoms with E-state index in [1.54, 1.807) is 6.20 Å².